The summed E-state index contributed by atoms with van der Waals surface area (Å²) in [5.74, 6) is -0.633. The zero-order chi connectivity index (χ0) is 11.4. The van der Waals surface area contributed by atoms with Crippen molar-refractivity contribution in [3.05, 3.63) is 48.0 Å². The van der Waals surface area contributed by atoms with Crippen LogP contribution in [0.4, 0.5) is 0 Å². The van der Waals surface area contributed by atoms with Crippen LogP contribution in [-0.2, 0) is 9.63 Å². The van der Waals surface area contributed by atoms with E-state index in [1.54, 1.807) is 30.3 Å². The third-order valence-electron chi connectivity index (χ3n) is 1.88. The number of carbonyl (C=O) groups is 2. The van der Waals surface area contributed by atoms with Gasteiger partial charge in [0.1, 0.15) is 0 Å². The molecule has 1 N–H and O–H groups in total. The molecule has 1 heterocycles. The number of benzene rings is 1. The molecule has 0 bridgehead atoms. The molecule has 1 aromatic rings. The van der Waals surface area contributed by atoms with E-state index in [-0.39, 0.29) is 11.7 Å². The summed E-state index contributed by atoms with van der Waals surface area (Å²) in [5, 5.41) is 5.88. The molecule has 80 valence electrons. The molecule has 1 amide bonds. The van der Waals surface area contributed by atoms with Crippen molar-refractivity contribution in [2.24, 2.45) is 5.16 Å². The lowest BCUT2D eigenvalue weighted by Gasteiger charge is -1.98. The van der Waals surface area contributed by atoms with Crippen molar-refractivity contribution in [2.45, 2.75) is 0 Å². The number of amidine groups is 1. The summed E-state index contributed by atoms with van der Waals surface area (Å²) in [6, 6.07) is 8.47. The summed E-state index contributed by atoms with van der Waals surface area (Å²) in [6.07, 6.45) is 2.73. The van der Waals surface area contributed by atoms with Crippen molar-refractivity contribution in [1.82, 2.24) is 5.32 Å². The van der Waals surface area contributed by atoms with E-state index in [4.69, 9.17) is 0 Å². The molecule has 1 aliphatic heterocycles. The van der Waals surface area contributed by atoms with Gasteiger partial charge >= 0.3 is 5.97 Å². The minimum atomic E-state index is -0.567. The Hall–Kier alpha value is -2.43. The van der Waals surface area contributed by atoms with Crippen LogP contribution < -0.4 is 5.32 Å². The van der Waals surface area contributed by atoms with Crippen LogP contribution in [0.1, 0.15) is 10.4 Å². The summed E-state index contributed by atoms with van der Waals surface area (Å²) in [7, 11) is 0. The van der Waals surface area contributed by atoms with Crippen LogP contribution in [0.25, 0.3) is 0 Å². The van der Waals surface area contributed by atoms with Gasteiger partial charge in [0.05, 0.1) is 5.56 Å². The van der Waals surface area contributed by atoms with Crippen LogP contribution in [0, 0.1) is 0 Å². The van der Waals surface area contributed by atoms with Gasteiger partial charge in [-0.15, -0.1) is 0 Å². The highest BCUT2D eigenvalue weighted by molar-refractivity contribution is 6.15. The van der Waals surface area contributed by atoms with Crippen LogP contribution in [0.2, 0.25) is 0 Å². The number of carbonyl (C=O) groups excluding carboxylic acids is 2. The Kier molecular flexibility index (Phi) is 2.77. The number of oxime groups is 1. The van der Waals surface area contributed by atoms with Crippen LogP contribution in [0.3, 0.4) is 0 Å². The average molecular weight is 216 g/mol. The fourth-order valence-corrected chi connectivity index (χ4v) is 1.14. The monoisotopic (exact) mass is 216 g/mol. The van der Waals surface area contributed by atoms with E-state index in [0.29, 0.717) is 5.56 Å². The second kappa shape index (κ2) is 4.39. The van der Waals surface area contributed by atoms with Gasteiger partial charge in [-0.05, 0) is 18.2 Å². The molecule has 0 aromatic heterocycles. The van der Waals surface area contributed by atoms with E-state index in [2.05, 4.69) is 15.3 Å². The molecule has 1 aliphatic rings. The van der Waals surface area contributed by atoms with Crippen molar-refractivity contribution >= 4 is 17.7 Å². The molecule has 0 aliphatic carbocycles. The maximum absolute atomic E-state index is 11.4. The fourth-order valence-electron chi connectivity index (χ4n) is 1.14. The third-order valence-corrected chi connectivity index (χ3v) is 1.88. The first-order chi connectivity index (χ1) is 7.75. The highest BCUT2D eigenvalue weighted by Crippen LogP contribution is 2.01. The van der Waals surface area contributed by atoms with Gasteiger partial charge < -0.3 is 10.2 Å². The standard InChI is InChI=1S/C11H8N2O3/c14-10-7-6-9(12-10)13-16-11(15)8-4-2-1-3-5-8/h1-7H,(H,12,13,14). The normalized spacial score (nSPS) is 16.2. The van der Waals surface area contributed by atoms with Crippen LogP contribution in [0.15, 0.2) is 47.6 Å². The molecule has 16 heavy (non-hydrogen) atoms. The number of nitrogens with one attached hydrogen (secondary N) is 1. The number of hydrogen-bond donors (Lipinski definition) is 1. The predicted octanol–water partition coefficient (Wildman–Crippen LogP) is 0.843. The maximum Gasteiger partial charge on any atom is 0.365 e. The fraction of sp³-hybridized carbons (Fsp3) is 0. The van der Waals surface area contributed by atoms with Gasteiger partial charge in [-0.25, -0.2) is 4.79 Å². The predicted molar refractivity (Wildman–Crippen MR) is 56.6 cm³/mol. The lowest BCUT2D eigenvalue weighted by Crippen LogP contribution is -2.21. The Labute approximate surface area is 91.4 Å². The molecule has 1 aromatic carbocycles. The van der Waals surface area contributed by atoms with Gasteiger partial charge in [-0.1, -0.05) is 23.4 Å². The third kappa shape index (κ3) is 2.33. The van der Waals surface area contributed by atoms with Crippen molar-refractivity contribution in [1.29, 1.82) is 0 Å². The van der Waals surface area contributed by atoms with Crippen LogP contribution in [-0.4, -0.2) is 17.7 Å². The first-order valence-corrected chi connectivity index (χ1v) is 4.59. The average Bonchev–Trinajstić information content (AvgIpc) is 2.73. The van der Waals surface area contributed by atoms with Crippen molar-refractivity contribution < 1.29 is 14.4 Å². The van der Waals surface area contributed by atoms with Gasteiger partial charge in [0.25, 0.3) is 0 Å². The summed E-state index contributed by atoms with van der Waals surface area (Å²) >= 11 is 0. The zero-order valence-corrected chi connectivity index (χ0v) is 8.21. The second-order valence-electron chi connectivity index (χ2n) is 3.04. The summed E-state index contributed by atoms with van der Waals surface area (Å²) < 4.78 is 0. The molecule has 0 radical (unpaired) electrons. The topological polar surface area (TPSA) is 67.8 Å². The molecule has 0 saturated heterocycles. The lowest BCUT2D eigenvalue weighted by molar-refractivity contribution is -0.114. The van der Waals surface area contributed by atoms with E-state index in [9.17, 15) is 9.59 Å². The number of hydrogen-bond acceptors (Lipinski definition) is 4. The number of amides is 1. The lowest BCUT2D eigenvalue weighted by atomic mass is 10.2. The Morgan fingerprint density at radius 1 is 1.19 bits per heavy atom. The molecule has 5 heteroatoms. The van der Waals surface area contributed by atoms with Crippen molar-refractivity contribution in [3.8, 4) is 0 Å². The van der Waals surface area contributed by atoms with Gasteiger partial charge in [0.15, 0.2) is 5.84 Å². The van der Waals surface area contributed by atoms with E-state index in [1.165, 1.54) is 12.2 Å². The Morgan fingerprint density at radius 2 is 1.94 bits per heavy atom. The van der Waals surface area contributed by atoms with Gasteiger partial charge in [-0.2, -0.15) is 0 Å². The quantitative estimate of drug-likeness (QED) is 0.588. The van der Waals surface area contributed by atoms with Crippen molar-refractivity contribution in [2.75, 3.05) is 0 Å². The van der Waals surface area contributed by atoms with Gasteiger partial charge in [0, 0.05) is 6.08 Å². The van der Waals surface area contributed by atoms with Crippen LogP contribution in [0.5, 0.6) is 0 Å². The summed E-state index contributed by atoms with van der Waals surface area (Å²) in [4.78, 5) is 26.8. The highest BCUT2D eigenvalue weighted by atomic mass is 16.7. The van der Waals surface area contributed by atoms with E-state index >= 15 is 0 Å². The van der Waals surface area contributed by atoms with E-state index in [0.717, 1.165) is 0 Å². The largest absolute Gasteiger partial charge is 0.365 e. The zero-order valence-electron chi connectivity index (χ0n) is 8.21. The molecule has 0 unspecified atom stereocenters. The number of rotatable bonds is 2. The van der Waals surface area contributed by atoms with Gasteiger partial charge in [-0.3, -0.25) is 4.79 Å². The molecule has 0 atom stereocenters. The second-order valence-corrected chi connectivity index (χ2v) is 3.04. The molecule has 5 nitrogen and oxygen atoms in total. The Balaban J connectivity index is 1.99. The smallest absolute Gasteiger partial charge is 0.311 e. The summed E-state index contributed by atoms with van der Waals surface area (Å²) in [5.41, 5.74) is 0.403. The highest BCUT2D eigenvalue weighted by Gasteiger charge is 2.10. The van der Waals surface area contributed by atoms with Gasteiger partial charge in [0.2, 0.25) is 5.91 Å². The first-order valence-electron chi connectivity index (χ1n) is 4.59. The SMILES string of the molecule is O=C1C=CC(=NOC(=O)c2ccccc2)N1. The van der Waals surface area contributed by atoms with Crippen LogP contribution >= 0.6 is 0 Å². The molecule has 0 saturated carbocycles. The van der Waals surface area contributed by atoms with E-state index < -0.39 is 5.97 Å². The molecule has 0 spiro atoms. The first kappa shape index (κ1) is 10.1. The Bertz CT molecular complexity index is 477. The maximum atomic E-state index is 11.4. The molecular weight excluding hydrogens is 208 g/mol. The summed E-state index contributed by atoms with van der Waals surface area (Å²) in [6.45, 7) is 0. The molecule has 2 rings (SSSR count). The molecule has 0 fully saturated rings. The van der Waals surface area contributed by atoms with Crippen molar-refractivity contribution in [3.63, 3.8) is 0 Å². The minimum Gasteiger partial charge on any atom is -0.311 e. The minimum absolute atomic E-state index is 0.217. The number of nitrogens with zero attached hydrogens (tertiary/aromatic N) is 1. The molecular formula is C11H8N2O3. The Morgan fingerprint density at radius 3 is 2.56 bits per heavy atom. The van der Waals surface area contributed by atoms with E-state index in [1.807, 2.05) is 0 Å².